The first-order chi connectivity index (χ1) is 9.28. The molecule has 3 heteroatoms. The molecule has 1 fully saturated rings. The van der Waals surface area contributed by atoms with Crippen LogP contribution in [0.15, 0.2) is 28.7 Å². The molecule has 0 unspecified atom stereocenters. The van der Waals surface area contributed by atoms with E-state index in [1.807, 2.05) is 12.1 Å². The molecule has 1 heterocycles. The minimum atomic E-state index is 0.473. The molecular formula is C16H22N2O. The summed E-state index contributed by atoms with van der Waals surface area (Å²) in [5.74, 6) is 1.83. The zero-order chi connectivity index (χ0) is 13.2. The number of hydrogen-bond donors (Lipinski definition) is 1. The van der Waals surface area contributed by atoms with Gasteiger partial charge in [0.05, 0.1) is 6.54 Å². The molecule has 0 bridgehead atoms. The van der Waals surface area contributed by atoms with Crippen LogP contribution in [0.25, 0.3) is 11.0 Å². The third-order valence-corrected chi connectivity index (χ3v) is 4.19. The van der Waals surface area contributed by atoms with E-state index in [4.69, 9.17) is 10.2 Å². The van der Waals surface area contributed by atoms with Crippen molar-refractivity contribution >= 4 is 11.0 Å². The zero-order valence-corrected chi connectivity index (χ0v) is 11.6. The molecule has 3 rings (SSSR count). The van der Waals surface area contributed by atoms with Gasteiger partial charge < -0.3 is 15.1 Å². The molecule has 102 valence electrons. The van der Waals surface area contributed by atoms with Gasteiger partial charge >= 0.3 is 0 Å². The molecule has 0 saturated heterocycles. The van der Waals surface area contributed by atoms with Gasteiger partial charge in [-0.05, 0) is 31.9 Å². The van der Waals surface area contributed by atoms with Crippen molar-refractivity contribution in [2.45, 2.75) is 32.4 Å². The molecule has 0 radical (unpaired) electrons. The molecule has 0 aliphatic heterocycles. The van der Waals surface area contributed by atoms with Crippen molar-refractivity contribution in [2.75, 3.05) is 13.6 Å². The maximum atomic E-state index is 5.84. The normalized spacial score (nSPS) is 16.2. The van der Waals surface area contributed by atoms with Crippen molar-refractivity contribution in [1.82, 2.24) is 4.90 Å². The summed E-state index contributed by atoms with van der Waals surface area (Å²) in [7, 11) is 2.19. The van der Waals surface area contributed by atoms with E-state index in [0.717, 1.165) is 23.8 Å². The Hall–Kier alpha value is -1.32. The van der Waals surface area contributed by atoms with Gasteiger partial charge in [-0.2, -0.15) is 0 Å². The minimum absolute atomic E-state index is 0.473. The predicted molar refractivity (Wildman–Crippen MR) is 77.8 cm³/mol. The molecule has 0 spiro atoms. The molecule has 1 saturated carbocycles. The van der Waals surface area contributed by atoms with Crippen LogP contribution in [0.3, 0.4) is 0 Å². The minimum Gasteiger partial charge on any atom is -0.459 e. The third kappa shape index (κ3) is 2.53. The van der Waals surface area contributed by atoms with E-state index in [9.17, 15) is 0 Å². The van der Waals surface area contributed by atoms with Gasteiger partial charge in [0.2, 0.25) is 0 Å². The SMILES string of the molecule is CN(Cc1c(CN)oc2ccccc12)CC1CCC1. The fourth-order valence-electron chi connectivity index (χ4n) is 2.94. The van der Waals surface area contributed by atoms with Crippen LogP contribution in [-0.2, 0) is 13.1 Å². The van der Waals surface area contributed by atoms with Crippen LogP contribution in [0.1, 0.15) is 30.6 Å². The van der Waals surface area contributed by atoms with Crippen molar-refractivity contribution in [2.24, 2.45) is 11.7 Å². The Kier molecular flexibility index (Phi) is 3.58. The summed E-state index contributed by atoms with van der Waals surface area (Å²) in [6.07, 6.45) is 4.18. The number of nitrogens with two attached hydrogens (primary N) is 1. The Morgan fingerprint density at radius 1 is 1.32 bits per heavy atom. The molecular weight excluding hydrogens is 236 g/mol. The average Bonchev–Trinajstić information content (AvgIpc) is 2.72. The molecule has 1 aliphatic carbocycles. The maximum absolute atomic E-state index is 5.84. The van der Waals surface area contributed by atoms with Crippen LogP contribution < -0.4 is 5.73 Å². The highest BCUT2D eigenvalue weighted by molar-refractivity contribution is 5.82. The first kappa shape index (κ1) is 12.7. The van der Waals surface area contributed by atoms with E-state index >= 15 is 0 Å². The van der Waals surface area contributed by atoms with Crippen LogP contribution in [0.2, 0.25) is 0 Å². The van der Waals surface area contributed by atoms with Gasteiger partial charge in [0.25, 0.3) is 0 Å². The van der Waals surface area contributed by atoms with Crippen LogP contribution >= 0.6 is 0 Å². The summed E-state index contributed by atoms with van der Waals surface area (Å²) < 4.78 is 5.84. The highest BCUT2D eigenvalue weighted by atomic mass is 16.3. The number of furan rings is 1. The highest BCUT2D eigenvalue weighted by Gasteiger charge is 2.20. The Morgan fingerprint density at radius 3 is 2.79 bits per heavy atom. The Morgan fingerprint density at radius 2 is 2.11 bits per heavy atom. The lowest BCUT2D eigenvalue weighted by Crippen LogP contribution is -2.29. The summed E-state index contributed by atoms with van der Waals surface area (Å²) >= 11 is 0. The number of para-hydroxylation sites is 1. The lowest BCUT2D eigenvalue weighted by Gasteiger charge is -2.30. The lowest BCUT2D eigenvalue weighted by atomic mass is 9.85. The molecule has 0 amide bonds. The van der Waals surface area contributed by atoms with Crippen molar-refractivity contribution in [1.29, 1.82) is 0 Å². The Balaban J connectivity index is 1.81. The molecule has 19 heavy (non-hydrogen) atoms. The van der Waals surface area contributed by atoms with Crippen LogP contribution in [0.4, 0.5) is 0 Å². The van der Waals surface area contributed by atoms with E-state index in [-0.39, 0.29) is 0 Å². The van der Waals surface area contributed by atoms with E-state index in [2.05, 4.69) is 24.1 Å². The number of fused-ring (bicyclic) bond motifs is 1. The average molecular weight is 258 g/mol. The van der Waals surface area contributed by atoms with E-state index in [0.29, 0.717) is 6.54 Å². The van der Waals surface area contributed by atoms with E-state index < -0.39 is 0 Å². The standard InChI is InChI=1S/C16H22N2O/c1-18(10-12-5-4-6-12)11-14-13-7-2-3-8-15(13)19-16(14)9-17/h2-3,7-8,12H,4-6,9-11,17H2,1H3. The number of benzene rings is 1. The second-order valence-corrected chi connectivity index (χ2v) is 5.70. The maximum Gasteiger partial charge on any atom is 0.134 e. The van der Waals surface area contributed by atoms with Crippen LogP contribution in [-0.4, -0.2) is 18.5 Å². The molecule has 2 aromatic rings. The van der Waals surface area contributed by atoms with Gasteiger partial charge in [0.1, 0.15) is 11.3 Å². The summed E-state index contributed by atoms with van der Waals surface area (Å²) in [4.78, 5) is 2.40. The summed E-state index contributed by atoms with van der Waals surface area (Å²) in [5, 5.41) is 1.21. The van der Waals surface area contributed by atoms with Gasteiger partial charge in [0, 0.05) is 24.0 Å². The quantitative estimate of drug-likeness (QED) is 0.896. The zero-order valence-electron chi connectivity index (χ0n) is 11.6. The third-order valence-electron chi connectivity index (χ3n) is 4.19. The van der Waals surface area contributed by atoms with Crippen molar-refractivity contribution in [3.63, 3.8) is 0 Å². The molecule has 1 aromatic carbocycles. The van der Waals surface area contributed by atoms with Crippen LogP contribution in [0.5, 0.6) is 0 Å². The second kappa shape index (κ2) is 5.35. The molecule has 2 N–H and O–H groups in total. The first-order valence-electron chi connectivity index (χ1n) is 7.16. The van der Waals surface area contributed by atoms with Gasteiger partial charge in [-0.3, -0.25) is 0 Å². The topological polar surface area (TPSA) is 42.4 Å². The fraction of sp³-hybridized carbons (Fsp3) is 0.500. The van der Waals surface area contributed by atoms with Crippen molar-refractivity contribution in [3.8, 4) is 0 Å². The van der Waals surface area contributed by atoms with E-state index in [1.54, 1.807) is 0 Å². The predicted octanol–water partition coefficient (Wildman–Crippen LogP) is 3.12. The summed E-state index contributed by atoms with van der Waals surface area (Å²) in [5.41, 5.74) is 8.03. The monoisotopic (exact) mass is 258 g/mol. The van der Waals surface area contributed by atoms with Crippen molar-refractivity contribution in [3.05, 3.63) is 35.6 Å². The second-order valence-electron chi connectivity index (χ2n) is 5.70. The number of hydrogen-bond acceptors (Lipinski definition) is 3. The molecule has 0 atom stereocenters. The van der Waals surface area contributed by atoms with Gasteiger partial charge in [-0.25, -0.2) is 0 Å². The summed E-state index contributed by atoms with van der Waals surface area (Å²) in [6.45, 7) is 2.59. The molecule has 3 nitrogen and oxygen atoms in total. The Labute approximate surface area is 114 Å². The van der Waals surface area contributed by atoms with Gasteiger partial charge in [-0.15, -0.1) is 0 Å². The summed E-state index contributed by atoms with van der Waals surface area (Å²) in [6, 6.07) is 8.22. The van der Waals surface area contributed by atoms with Gasteiger partial charge in [-0.1, -0.05) is 24.6 Å². The smallest absolute Gasteiger partial charge is 0.134 e. The first-order valence-corrected chi connectivity index (χ1v) is 7.16. The van der Waals surface area contributed by atoms with Crippen molar-refractivity contribution < 1.29 is 4.42 Å². The largest absolute Gasteiger partial charge is 0.459 e. The highest BCUT2D eigenvalue weighted by Crippen LogP contribution is 2.29. The number of rotatable bonds is 5. The molecule has 1 aromatic heterocycles. The number of nitrogens with zero attached hydrogens (tertiary/aromatic N) is 1. The van der Waals surface area contributed by atoms with Crippen LogP contribution in [0, 0.1) is 5.92 Å². The fourth-order valence-corrected chi connectivity index (χ4v) is 2.94. The lowest BCUT2D eigenvalue weighted by molar-refractivity contribution is 0.200. The van der Waals surface area contributed by atoms with Gasteiger partial charge in [0.15, 0.2) is 0 Å². The van der Waals surface area contributed by atoms with E-state index in [1.165, 1.54) is 36.8 Å². The molecule has 1 aliphatic rings. The Bertz CT molecular complexity index is 557.